The number of aliphatic carboxylic acids is 2. The number of rotatable bonds is 9. The molecule has 0 aliphatic heterocycles. The highest BCUT2D eigenvalue weighted by atomic mass is 32.5. The Kier molecular flexibility index (Phi) is 6.94. The molecule has 9 heteroatoms. The lowest BCUT2D eigenvalue weighted by atomic mass is 10.2. The lowest BCUT2D eigenvalue weighted by Crippen LogP contribution is -2.35. The number of hydrogen-bond donors (Lipinski definition) is 4. The van der Waals surface area contributed by atoms with Crippen LogP contribution in [0, 0.1) is 0 Å². The molecular weight excluding hydrogens is 317 g/mol. The predicted octanol–water partition coefficient (Wildman–Crippen LogP) is 1.33. The zero-order chi connectivity index (χ0) is 15.9. The predicted molar refractivity (Wildman–Crippen MR) is 79.2 cm³/mol. The van der Waals surface area contributed by atoms with Gasteiger partial charge in [0.25, 0.3) is 6.64 Å². The van der Waals surface area contributed by atoms with Gasteiger partial charge in [0, 0.05) is 6.42 Å². The number of hydrogen-bond acceptors (Lipinski definition) is 4. The third kappa shape index (κ3) is 7.31. The van der Waals surface area contributed by atoms with Gasteiger partial charge in [0.15, 0.2) is 0 Å². The first-order valence-electron chi connectivity index (χ1n) is 6.04. The lowest BCUT2D eigenvalue weighted by Gasteiger charge is -2.21. The summed E-state index contributed by atoms with van der Waals surface area (Å²) in [5.74, 6) is -2.41. The summed E-state index contributed by atoms with van der Waals surface area (Å²) >= 11 is 4.84. The van der Waals surface area contributed by atoms with Crippen molar-refractivity contribution in [1.29, 1.82) is 0 Å². The Hall–Kier alpha value is -1.31. The summed E-state index contributed by atoms with van der Waals surface area (Å²) in [4.78, 5) is 31.4. The minimum absolute atomic E-state index is 0.0346. The molecule has 4 N–H and O–H groups in total. The first kappa shape index (κ1) is 17.7. The molecule has 0 saturated carbocycles. The monoisotopic (exact) mass is 333 g/mol. The summed E-state index contributed by atoms with van der Waals surface area (Å²) in [6.45, 7) is -3.48. The first-order chi connectivity index (χ1) is 9.80. The molecule has 1 aromatic carbocycles. The van der Waals surface area contributed by atoms with Crippen LogP contribution in [0.5, 0.6) is 0 Å². The van der Waals surface area contributed by atoms with Gasteiger partial charge in [-0.05, 0) is 23.8 Å². The molecule has 0 aromatic heterocycles. The Morgan fingerprint density at radius 3 is 2.43 bits per heavy atom. The number of carboxylic acids is 2. The van der Waals surface area contributed by atoms with E-state index in [-0.39, 0.29) is 19.4 Å². The third-order valence-electron chi connectivity index (χ3n) is 2.51. The highest BCUT2D eigenvalue weighted by molar-refractivity contribution is 8.08. The maximum absolute atomic E-state index is 11.0. The maximum atomic E-state index is 11.0. The number of benzene rings is 1. The van der Waals surface area contributed by atoms with Gasteiger partial charge in [-0.2, -0.15) is 0 Å². The number of nitrogens with one attached hydrogen (secondary N) is 1. The topological polar surface area (TPSA) is 116 Å². The average molecular weight is 333 g/mol. The van der Waals surface area contributed by atoms with Crippen molar-refractivity contribution in [3.8, 4) is 0 Å². The Bertz CT molecular complexity index is 538. The SMILES string of the molecule is O=C(O)CCC(NP(O)(=S)OCc1ccccc1)C(=O)O. The van der Waals surface area contributed by atoms with Gasteiger partial charge in [-0.15, -0.1) is 0 Å². The molecule has 0 amide bonds. The number of carboxylic acid groups (broad SMARTS) is 2. The zero-order valence-electron chi connectivity index (χ0n) is 11.0. The van der Waals surface area contributed by atoms with Crippen LogP contribution < -0.4 is 5.09 Å². The molecule has 0 aliphatic carbocycles. The molecule has 0 radical (unpaired) electrons. The lowest BCUT2D eigenvalue weighted by molar-refractivity contribution is -0.140. The zero-order valence-corrected chi connectivity index (χ0v) is 12.7. The van der Waals surface area contributed by atoms with Gasteiger partial charge >= 0.3 is 11.9 Å². The molecule has 0 heterocycles. The second kappa shape index (κ2) is 8.21. The van der Waals surface area contributed by atoms with Crippen molar-refractivity contribution < 1.29 is 29.2 Å². The fourth-order valence-electron chi connectivity index (χ4n) is 1.48. The average Bonchev–Trinajstić information content (AvgIpc) is 2.42. The second-order valence-corrected chi connectivity index (χ2v) is 7.27. The molecule has 0 saturated heterocycles. The van der Waals surface area contributed by atoms with E-state index < -0.39 is 24.6 Å². The van der Waals surface area contributed by atoms with Crippen LogP contribution in [-0.2, 0) is 32.5 Å². The smallest absolute Gasteiger partial charge is 0.321 e. The Balaban J connectivity index is 2.57. The van der Waals surface area contributed by atoms with Gasteiger partial charge in [-0.25, -0.2) is 5.09 Å². The molecule has 1 rings (SSSR count). The van der Waals surface area contributed by atoms with Gasteiger partial charge < -0.3 is 19.6 Å². The van der Waals surface area contributed by atoms with Crippen molar-refractivity contribution in [2.45, 2.75) is 25.5 Å². The summed E-state index contributed by atoms with van der Waals surface area (Å²) in [7, 11) is 0. The highest BCUT2D eigenvalue weighted by Crippen LogP contribution is 2.39. The van der Waals surface area contributed by atoms with Crippen molar-refractivity contribution in [1.82, 2.24) is 5.09 Å². The van der Waals surface area contributed by atoms with Gasteiger partial charge in [0.2, 0.25) is 0 Å². The Morgan fingerprint density at radius 2 is 1.90 bits per heavy atom. The summed E-state index contributed by atoms with van der Waals surface area (Å²) < 4.78 is 5.16. The molecule has 0 fully saturated rings. The van der Waals surface area contributed by atoms with Crippen LogP contribution in [0.15, 0.2) is 30.3 Å². The molecule has 21 heavy (non-hydrogen) atoms. The summed E-state index contributed by atoms with van der Waals surface area (Å²) in [5, 5.41) is 19.9. The van der Waals surface area contributed by atoms with E-state index in [0.717, 1.165) is 5.56 Å². The van der Waals surface area contributed by atoms with Crippen LogP contribution >= 0.6 is 6.64 Å². The van der Waals surface area contributed by atoms with Crippen molar-refractivity contribution in [3.05, 3.63) is 35.9 Å². The van der Waals surface area contributed by atoms with Crippen LogP contribution in [0.25, 0.3) is 0 Å². The molecular formula is C12H16NO6PS. The minimum atomic E-state index is -3.52. The fraction of sp³-hybridized carbons (Fsp3) is 0.333. The molecule has 7 nitrogen and oxygen atoms in total. The molecule has 0 spiro atoms. The summed E-state index contributed by atoms with van der Waals surface area (Å²) in [5.41, 5.74) is 0.778. The van der Waals surface area contributed by atoms with Crippen LogP contribution in [0.3, 0.4) is 0 Å². The Labute approximate surface area is 126 Å². The standard InChI is InChI=1S/C12H16NO6PS/c14-11(15)7-6-10(12(16)17)13-20(18,21)19-8-9-4-2-1-3-5-9/h1-5,10H,6-8H2,(H,14,15)(H,16,17)(H2,13,18,21). The molecule has 0 bridgehead atoms. The maximum Gasteiger partial charge on any atom is 0.321 e. The largest absolute Gasteiger partial charge is 0.481 e. The van der Waals surface area contributed by atoms with Crippen molar-refractivity contribution in [3.63, 3.8) is 0 Å². The van der Waals surface area contributed by atoms with Crippen LogP contribution in [0.4, 0.5) is 0 Å². The van der Waals surface area contributed by atoms with Gasteiger partial charge in [0.1, 0.15) is 6.04 Å². The Morgan fingerprint density at radius 1 is 1.29 bits per heavy atom. The van der Waals surface area contributed by atoms with E-state index in [1.165, 1.54) is 0 Å². The van der Waals surface area contributed by atoms with Crippen LogP contribution in [0.1, 0.15) is 18.4 Å². The molecule has 0 aliphatic rings. The van der Waals surface area contributed by atoms with Crippen molar-refractivity contribution >= 4 is 30.4 Å². The van der Waals surface area contributed by atoms with E-state index >= 15 is 0 Å². The summed E-state index contributed by atoms with van der Waals surface area (Å²) in [6.07, 6.45) is -0.545. The normalized spacial score (nSPS) is 15.1. The first-order valence-corrected chi connectivity index (χ1v) is 8.71. The fourth-order valence-corrected chi connectivity index (χ4v) is 3.05. The van der Waals surface area contributed by atoms with E-state index in [2.05, 4.69) is 5.09 Å². The van der Waals surface area contributed by atoms with E-state index in [1.807, 2.05) is 6.07 Å². The molecule has 1 aromatic rings. The van der Waals surface area contributed by atoms with E-state index in [9.17, 15) is 14.5 Å². The quantitative estimate of drug-likeness (QED) is 0.500. The van der Waals surface area contributed by atoms with E-state index in [1.54, 1.807) is 24.3 Å². The van der Waals surface area contributed by atoms with E-state index in [4.69, 9.17) is 26.5 Å². The van der Waals surface area contributed by atoms with Gasteiger partial charge in [-0.1, -0.05) is 30.3 Å². The van der Waals surface area contributed by atoms with Crippen molar-refractivity contribution in [2.24, 2.45) is 0 Å². The molecule has 2 unspecified atom stereocenters. The van der Waals surface area contributed by atoms with Crippen LogP contribution in [-0.4, -0.2) is 33.1 Å². The highest BCUT2D eigenvalue weighted by Gasteiger charge is 2.26. The summed E-state index contributed by atoms with van der Waals surface area (Å²) in [6, 6.07) is 7.68. The van der Waals surface area contributed by atoms with Crippen molar-refractivity contribution in [2.75, 3.05) is 0 Å². The number of carbonyl (C=O) groups is 2. The molecule has 2 atom stereocenters. The van der Waals surface area contributed by atoms with Crippen LogP contribution in [0.2, 0.25) is 0 Å². The van der Waals surface area contributed by atoms with Gasteiger partial charge in [0.05, 0.1) is 6.61 Å². The minimum Gasteiger partial charge on any atom is -0.481 e. The third-order valence-corrected chi connectivity index (χ3v) is 4.26. The van der Waals surface area contributed by atoms with Gasteiger partial charge in [-0.3, -0.25) is 9.59 Å². The second-order valence-electron chi connectivity index (χ2n) is 4.23. The molecule has 116 valence electrons. The van der Waals surface area contributed by atoms with E-state index in [0.29, 0.717) is 0 Å².